The van der Waals surface area contributed by atoms with Gasteiger partial charge in [-0.05, 0) is 38.5 Å². The third-order valence-electron chi connectivity index (χ3n) is 5.49. The minimum Gasteiger partial charge on any atom is -0.379 e. The van der Waals surface area contributed by atoms with E-state index >= 15 is 0 Å². The molecule has 34 heavy (non-hydrogen) atoms. The fraction of sp³-hybridized carbons (Fsp3) is 0.808. The molecule has 1 saturated heterocycles. The summed E-state index contributed by atoms with van der Waals surface area (Å²) in [5, 5.41) is 26.0. The second-order valence-corrected chi connectivity index (χ2v) is 8.32. The molecule has 0 N–H and O–H groups in total. The summed E-state index contributed by atoms with van der Waals surface area (Å²) in [7, 11) is 0. The summed E-state index contributed by atoms with van der Waals surface area (Å²) in [5.74, 6) is 0. The van der Waals surface area contributed by atoms with E-state index in [0.29, 0.717) is 52.3 Å². The molecular weight excluding hydrogens is 434 g/mol. The summed E-state index contributed by atoms with van der Waals surface area (Å²) in [4.78, 5) is 0. The Morgan fingerprint density at radius 3 is 1.74 bits per heavy atom. The predicted octanol–water partition coefficient (Wildman–Crippen LogP) is 4.95. The number of hydrogen-bond donors (Lipinski definition) is 0. The zero-order chi connectivity index (χ0) is 24.7. The third-order valence-corrected chi connectivity index (χ3v) is 5.49. The third kappa shape index (κ3) is 13.7. The van der Waals surface area contributed by atoms with Gasteiger partial charge in [0.25, 0.3) is 0 Å². The van der Waals surface area contributed by atoms with Crippen molar-refractivity contribution in [2.75, 3.05) is 33.0 Å². The van der Waals surface area contributed by atoms with Gasteiger partial charge in [0.1, 0.15) is 18.3 Å². The van der Waals surface area contributed by atoms with Crippen molar-refractivity contribution >= 4 is 0 Å². The van der Waals surface area contributed by atoms with Crippen molar-refractivity contribution in [3.8, 4) is 18.2 Å². The number of unbranched alkanes of at least 4 members (excludes halogenated alkanes) is 9. The Hall–Kier alpha value is -1.99. The zero-order valence-corrected chi connectivity index (χ0v) is 20.5. The van der Waals surface area contributed by atoms with Crippen molar-refractivity contribution < 1.29 is 23.7 Å². The minimum atomic E-state index is -0.565. The molecule has 4 unspecified atom stereocenters. The molecule has 4 atom stereocenters. The molecule has 1 fully saturated rings. The van der Waals surface area contributed by atoms with E-state index in [1.165, 1.54) is 0 Å². The molecule has 0 aromatic heterocycles. The van der Waals surface area contributed by atoms with Crippen molar-refractivity contribution in [3.63, 3.8) is 0 Å². The minimum absolute atomic E-state index is 0.309. The maximum Gasteiger partial charge on any atom is 0.187 e. The summed E-state index contributed by atoms with van der Waals surface area (Å²) in [6.07, 6.45) is 9.89. The van der Waals surface area contributed by atoms with Crippen LogP contribution in [0.1, 0.15) is 77.0 Å². The Balaban J connectivity index is 2.62. The lowest BCUT2D eigenvalue weighted by atomic mass is 10.1. The maximum absolute atomic E-state index is 8.70. The summed E-state index contributed by atoms with van der Waals surface area (Å²) in [6.45, 7) is 6.15. The Kier molecular flexibility index (Phi) is 19.0. The molecule has 8 heteroatoms. The highest BCUT2D eigenvalue weighted by molar-refractivity contribution is 4.90. The highest BCUT2D eigenvalue weighted by Crippen LogP contribution is 2.29. The van der Waals surface area contributed by atoms with E-state index < -0.39 is 6.29 Å². The highest BCUT2D eigenvalue weighted by atomic mass is 16.7. The lowest BCUT2D eigenvalue weighted by Gasteiger charge is -2.25. The predicted molar refractivity (Wildman–Crippen MR) is 127 cm³/mol. The first-order valence-electron chi connectivity index (χ1n) is 12.6. The van der Waals surface area contributed by atoms with Crippen LogP contribution in [-0.4, -0.2) is 57.6 Å². The van der Waals surface area contributed by atoms with Crippen LogP contribution in [0.25, 0.3) is 0 Å². The maximum atomic E-state index is 8.70. The van der Waals surface area contributed by atoms with Gasteiger partial charge in [-0.3, -0.25) is 0 Å². The lowest BCUT2D eigenvalue weighted by Crippen LogP contribution is -2.40. The van der Waals surface area contributed by atoms with Crippen LogP contribution in [0.15, 0.2) is 12.7 Å². The largest absolute Gasteiger partial charge is 0.379 e. The monoisotopic (exact) mass is 475 g/mol. The molecule has 190 valence electrons. The number of nitrogens with zero attached hydrogens (tertiary/aromatic N) is 3. The topological polar surface area (TPSA) is 118 Å². The van der Waals surface area contributed by atoms with E-state index in [0.717, 1.165) is 57.8 Å². The summed E-state index contributed by atoms with van der Waals surface area (Å²) < 4.78 is 30.3. The molecule has 0 saturated carbocycles. The number of ether oxygens (including phenoxy) is 5. The van der Waals surface area contributed by atoms with Gasteiger partial charge in [0, 0.05) is 39.1 Å². The Morgan fingerprint density at radius 1 is 0.676 bits per heavy atom. The Bertz CT molecular complexity index is 640. The second kappa shape index (κ2) is 21.5. The Morgan fingerprint density at radius 2 is 1.21 bits per heavy atom. The van der Waals surface area contributed by atoms with Gasteiger partial charge in [-0.1, -0.05) is 25.3 Å². The molecule has 0 amide bonds. The van der Waals surface area contributed by atoms with E-state index in [1.807, 2.05) is 0 Å². The van der Waals surface area contributed by atoms with Gasteiger partial charge in [0.15, 0.2) is 6.29 Å². The smallest absolute Gasteiger partial charge is 0.187 e. The first-order valence-corrected chi connectivity index (χ1v) is 12.6. The van der Waals surface area contributed by atoms with Crippen LogP contribution in [0.2, 0.25) is 0 Å². The molecule has 1 aliphatic rings. The highest BCUT2D eigenvalue weighted by Gasteiger charge is 2.47. The molecule has 1 aliphatic heterocycles. The lowest BCUT2D eigenvalue weighted by molar-refractivity contribution is -0.176. The Labute approximate surface area is 205 Å². The van der Waals surface area contributed by atoms with Crippen LogP contribution in [-0.2, 0) is 23.7 Å². The van der Waals surface area contributed by atoms with Crippen molar-refractivity contribution in [1.82, 2.24) is 0 Å². The van der Waals surface area contributed by atoms with Crippen LogP contribution >= 0.6 is 0 Å². The molecule has 0 radical (unpaired) electrons. The molecular formula is C26H41N3O5. The van der Waals surface area contributed by atoms with E-state index in [-0.39, 0.29) is 18.3 Å². The van der Waals surface area contributed by atoms with Gasteiger partial charge in [-0.15, -0.1) is 6.58 Å². The van der Waals surface area contributed by atoms with Gasteiger partial charge in [-0.2, -0.15) is 15.8 Å². The molecule has 1 rings (SSSR count). The summed E-state index contributed by atoms with van der Waals surface area (Å²) >= 11 is 0. The SMILES string of the molecule is C=CCOC1OC(COCCCCCC#N)C(OCCCCCC#N)C1OCCCCCC#N. The number of rotatable bonds is 22. The summed E-state index contributed by atoms with van der Waals surface area (Å²) in [6, 6.07) is 6.50. The van der Waals surface area contributed by atoms with Gasteiger partial charge < -0.3 is 23.7 Å². The van der Waals surface area contributed by atoms with Crippen molar-refractivity contribution in [2.45, 2.75) is 102 Å². The fourth-order valence-electron chi connectivity index (χ4n) is 3.69. The molecule has 0 aromatic rings. The number of nitriles is 3. The zero-order valence-electron chi connectivity index (χ0n) is 20.5. The summed E-state index contributed by atoms with van der Waals surface area (Å²) in [5.41, 5.74) is 0. The van der Waals surface area contributed by atoms with Gasteiger partial charge in [0.05, 0.1) is 31.4 Å². The quantitative estimate of drug-likeness (QED) is 0.159. The van der Waals surface area contributed by atoms with Crippen LogP contribution in [0.5, 0.6) is 0 Å². The van der Waals surface area contributed by atoms with E-state index in [4.69, 9.17) is 39.5 Å². The first-order chi connectivity index (χ1) is 16.8. The van der Waals surface area contributed by atoms with Crippen molar-refractivity contribution in [3.05, 3.63) is 12.7 Å². The molecule has 0 bridgehead atoms. The molecule has 1 heterocycles. The molecule has 8 nitrogen and oxygen atoms in total. The van der Waals surface area contributed by atoms with Gasteiger partial charge >= 0.3 is 0 Å². The molecule has 0 aromatic carbocycles. The van der Waals surface area contributed by atoms with Crippen molar-refractivity contribution in [2.24, 2.45) is 0 Å². The second-order valence-electron chi connectivity index (χ2n) is 8.32. The van der Waals surface area contributed by atoms with E-state index in [9.17, 15) is 0 Å². The fourth-order valence-corrected chi connectivity index (χ4v) is 3.69. The first kappa shape index (κ1) is 30.0. The van der Waals surface area contributed by atoms with Crippen LogP contribution in [0.4, 0.5) is 0 Å². The van der Waals surface area contributed by atoms with Crippen LogP contribution in [0, 0.1) is 34.0 Å². The van der Waals surface area contributed by atoms with Gasteiger partial charge in [0.2, 0.25) is 0 Å². The molecule has 0 spiro atoms. The van der Waals surface area contributed by atoms with Crippen molar-refractivity contribution in [1.29, 1.82) is 15.8 Å². The van der Waals surface area contributed by atoms with Crippen LogP contribution < -0.4 is 0 Å². The molecule has 0 aliphatic carbocycles. The normalized spacial score (nSPS) is 21.6. The van der Waals surface area contributed by atoms with E-state index in [1.54, 1.807) is 6.08 Å². The average Bonchev–Trinajstić information content (AvgIpc) is 3.17. The van der Waals surface area contributed by atoms with Gasteiger partial charge in [-0.25, -0.2) is 0 Å². The average molecular weight is 476 g/mol. The van der Waals surface area contributed by atoms with E-state index in [2.05, 4.69) is 24.8 Å². The standard InChI is InChI=1S/C26H41N3O5/c1-2-18-33-26-25(32-21-14-8-5-11-17-29)24(31-20-13-7-4-10-16-28)23(34-26)22-30-19-12-6-3-9-15-27/h2,23-26H,1,3-14,18-22H2. The van der Waals surface area contributed by atoms with Crippen LogP contribution in [0.3, 0.4) is 0 Å². The number of hydrogen-bond acceptors (Lipinski definition) is 8.